The van der Waals surface area contributed by atoms with Gasteiger partial charge in [-0.05, 0) is 49.6 Å². The van der Waals surface area contributed by atoms with E-state index in [1.165, 1.54) is 14.8 Å². The first kappa shape index (κ1) is 20.9. The molecule has 2 aromatic carbocycles. The molecule has 1 heterocycles. The molecule has 0 bridgehead atoms. The zero-order chi connectivity index (χ0) is 20.0. The molecule has 0 aliphatic carbocycles. The van der Waals surface area contributed by atoms with E-state index in [0.717, 1.165) is 11.4 Å². The van der Waals surface area contributed by atoms with Crippen molar-refractivity contribution in [3.8, 4) is 0 Å². The van der Waals surface area contributed by atoms with Gasteiger partial charge in [-0.1, -0.05) is 30.3 Å². The number of nitrogens with zero attached hydrogens (tertiary/aromatic N) is 1. The van der Waals surface area contributed by atoms with E-state index in [1.54, 1.807) is 18.7 Å². The Morgan fingerprint density at radius 1 is 1.07 bits per heavy atom. The lowest BCUT2D eigenvalue weighted by molar-refractivity contribution is -0.120. The third-order valence-electron chi connectivity index (χ3n) is 4.95. The highest BCUT2D eigenvalue weighted by atomic mass is 32.2. The van der Waals surface area contributed by atoms with Gasteiger partial charge >= 0.3 is 0 Å². The van der Waals surface area contributed by atoms with Crippen LogP contribution in [0.1, 0.15) is 25.3 Å². The van der Waals surface area contributed by atoms with Crippen LogP contribution in [0.4, 0.5) is 5.69 Å². The van der Waals surface area contributed by atoms with Crippen LogP contribution in [-0.4, -0.2) is 37.5 Å². The molecule has 0 radical (unpaired) electrons. The predicted molar refractivity (Wildman–Crippen MR) is 115 cm³/mol. The number of hydrogen-bond acceptors (Lipinski definition) is 4. The summed E-state index contributed by atoms with van der Waals surface area (Å²) in [5.41, 5.74) is 1.98. The maximum absolute atomic E-state index is 12.5. The van der Waals surface area contributed by atoms with Gasteiger partial charge in [0.1, 0.15) is 0 Å². The van der Waals surface area contributed by atoms with Crippen molar-refractivity contribution in [3.63, 3.8) is 0 Å². The Bertz CT molecular complexity index is 876. The van der Waals surface area contributed by atoms with Crippen LogP contribution in [0.3, 0.4) is 0 Å². The van der Waals surface area contributed by atoms with Crippen LogP contribution in [0.5, 0.6) is 0 Å². The van der Waals surface area contributed by atoms with Crippen LogP contribution in [0.15, 0.2) is 59.5 Å². The summed E-state index contributed by atoms with van der Waals surface area (Å²) in [7, 11) is -3.16. The minimum atomic E-state index is -3.16. The Hall–Kier alpha value is -1.83. The number of sulfonamides is 1. The van der Waals surface area contributed by atoms with E-state index in [1.807, 2.05) is 42.5 Å². The number of anilines is 1. The number of nitrogens with one attached hydrogen (secondary N) is 1. The molecule has 1 aliphatic heterocycles. The monoisotopic (exact) mass is 418 g/mol. The summed E-state index contributed by atoms with van der Waals surface area (Å²) in [5.74, 6) is 0.818. The van der Waals surface area contributed by atoms with E-state index in [4.69, 9.17) is 0 Å². The number of piperidine rings is 1. The average Bonchev–Trinajstić information content (AvgIpc) is 2.74. The van der Waals surface area contributed by atoms with Gasteiger partial charge in [-0.3, -0.25) is 4.79 Å². The van der Waals surface area contributed by atoms with Crippen molar-refractivity contribution in [2.45, 2.75) is 30.4 Å². The lowest BCUT2D eigenvalue weighted by Gasteiger charge is -2.30. The Balaban J connectivity index is 1.48. The highest BCUT2D eigenvalue weighted by Gasteiger charge is 2.30. The first-order chi connectivity index (χ1) is 13.5. The first-order valence-electron chi connectivity index (χ1n) is 9.53. The summed E-state index contributed by atoms with van der Waals surface area (Å²) in [6.07, 6.45) is 1.13. The third kappa shape index (κ3) is 5.59. The molecule has 1 N–H and O–H groups in total. The number of benzene rings is 2. The van der Waals surface area contributed by atoms with Crippen molar-refractivity contribution in [1.29, 1.82) is 0 Å². The van der Waals surface area contributed by atoms with Crippen LogP contribution in [-0.2, 0) is 20.6 Å². The molecule has 3 rings (SSSR count). The number of hydrogen-bond donors (Lipinski definition) is 1. The van der Waals surface area contributed by atoms with E-state index in [2.05, 4.69) is 17.4 Å². The van der Waals surface area contributed by atoms with E-state index >= 15 is 0 Å². The lowest BCUT2D eigenvalue weighted by Crippen LogP contribution is -2.42. The minimum absolute atomic E-state index is 0.0278. The summed E-state index contributed by atoms with van der Waals surface area (Å²) in [6, 6.07) is 18.2. The van der Waals surface area contributed by atoms with Gasteiger partial charge in [0, 0.05) is 35.3 Å². The van der Waals surface area contributed by atoms with Crippen LogP contribution in [0.2, 0.25) is 0 Å². The summed E-state index contributed by atoms with van der Waals surface area (Å²) < 4.78 is 25.3. The van der Waals surface area contributed by atoms with Gasteiger partial charge in [-0.2, -0.15) is 0 Å². The topological polar surface area (TPSA) is 66.5 Å². The molecule has 28 heavy (non-hydrogen) atoms. The standard InChI is InChI=1S/C21H26N2O3S2/c1-2-28(25,26)23-14-12-18(13-15-23)21(24)22-19-10-8-17(9-11-19)16-27-20-6-4-3-5-7-20/h3-11,18H,2,12-16H2,1H3,(H,22,24). The van der Waals surface area contributed by atoms with Crippen molar-refractivity contribution in [1.82, 2.24) is 4.31 Å². The van der Waals surface area contributed by atoms with Gasteiger partial charge in [0.25, 0.3) is 0 Å². The van der Waals surface area contributed by atoms with Gasteiger partial charge < -0.3 is 5.32 Å². The molecule has 0 spiro atoms. The second kappa shape index (κ2) is 9.58. The summed E-state index contributed by atoms with van der Waals surface area (Å²) in [4.78, 5) is 13.7. The molecule has 0 aromatic heterocycles. The molecule has 1 saturated heterocycles. The lowest BCUT2D eigenvalue weighted by atomic mass is 9.97. The Labute approximate surface area is 171 Å². The third-order valence-corrected chi connectivity index (χ3v) is 7.92. The fourth-order valence-electron chi connectivity index (χ4n) is 3.19. The molecule has 5 nitrogen and oxygen atoms in total. The maximum Gasteiger partial charge on any atom is 0.227 e. The van der Waals surface area contributed by atoms with Crippen molar-refractivity contribution in [3.05, 3.63) is 60.2 Å². The second-order valence-electron chi connectivity index (χ2n) is 6.86. The molecule has 0 saturated carbocycles. The number of rotatable bonds is 7. The fraction of sp³-hybridized carbons (Fsp3) is 0.381. The Kier molecular flexibility index (Phi) is 7.15. The van der Waals surface area contributed by atoms with Crippen LogP contribution >= 0.6 is 11.8 Å². The van der Waals surface area contributed by atoms with Gasteiger partial charge in [0.15, 0.2) is 0 Å². The van der Waals surface area contributed by atoms with Gasteiger partial charge in [0.05, 0.1) is 5.75 Å². The quantitative estimate of drug-likeness (QED) is 0.691. The fourth-order valence-corrected chi connectivity index (χ4v) is 5.20. The molecule has 0 unspecified atom stereocenters. The smallest absolute Gasteiger partial charge is 0.227 e. The zero-order valence-electron chi connectivity index (χ0n) is 16.0. The molecule has 0 atom stereocenters. The normalized spacial score (nSPS) is 16.0. The van der Waals surface area contributed by atoms with E-state index in [-0.39, 0.29) is 17.6 Å². The van der Waals surface area contributed by atoms with E-state index < -0.39 is 10.0 Å². The summed E-state index contributed by atoms with van der Waals surface area (Å²) in [5, 5.41) is 2.97. The first-order valence-corrected chi connectivity index (χ1v) is 12.1. The largest absolute Gasteiger partial charge is 0.326 e. The van der Waals surface area contributed by atoms with Crippen LogP contribution in [0, 0.1) is 5.92 Å². The molecule has 2 aromatic rings. The van der Waals surface area contributed by atoms with Gasteiger partial charge in [0.2, 0.25) is 15.9 Å². The summed E-state index contributed by atoms with van der Waals surface area (Å²) in [6.45, 7) is 2.49. The minimum Gasteiger partial charge on any atom is -0.326 e. The van der Waals surface area contributed by atoms with Crippen molar-refractivity contribution in [2.75, 3.05) is 24.2 Å². The molecule has 150 valence electrons. The highest BCUT2D eigenvalue weighted by Crippen LogP contribution is 2.24. The van der Waals surface area contributed by atoms with Crippen molar-refractivity contribution < 1.29 is 13.2 Å². The molecule has 1 fully saturated rings. The summed E-state index contributed by atoms with van der Waals surface area (Å²) >= 11 is 1.78. The number of carbonyl (C=O) groups excluding carboxylic acids is 1. The Morgan fingerprint density at radius 3 is 2.32 bits per heavy atom. The van der Waals surface area contributed by atoms with Crippen LogP contribution < -0.4 is 5.32 Å². The van der Waals surface area contributed by atoms with E-state index in [9.17, 15) is 13.2 Å². The second-order valence-corrected chi connectivity index (χ2v) is 10.2. The van der Waals surface area contributed by atoms with E-state index in [0.29, 0.717) is 25.9 Å². The van der Waals surface area contributed by atoms with Crippen molar-refractivity contribution >= 4 is 33.4 Å². The van der Waals surface area contributed by atoms with Crippen LogP contribution in [0.25, 0.3) is 0 Å². The molecule has 7 heteroatoms. The average molecular weight is 419 g/mol. The number of thioether (sulfide) groups is 1. The number of carbonyl (C=O) groups is 1. The molecular formula is C21H26N2O3S2. The predicted octanol–water partition coefficient (Wildman–Crippen LogP) is 3.98. The van der Waals surface area contributed by atoms with Gasteiger partial charge in [-0.15, -0.1) is 11.8 Å². The zero-order valence-corrected chi connectivity index (χ0v) is 17.6. The maximum atomic E-state index is 12.5. The van der Waals surface area contributed by atoms with Gasteiger partial charge in [-0.25, -0.2) is 12.7 Å². The molecule has 1 amide bonds. The highest BCUT2D eigenvalue weighted by molar-refractivity contribution is 7.98. The molecule has 1 aliphatic rings. The molecular weight excluding hydrogens is 392 g/mol. The van der Waals surface area contributed by atoms with Crippen molar-refractivity contribution in [2.24, 2.45) is 5.92 Å². The number of amides is 1. The SMILES string of the molecule is CCS(=O)(=O)N1CCC(C(=O)Nc2ccc(CSc3ccccc3)cc2)CC1. The Morgan fingerprint density at radius 2 is 1.71 bits per heavy atom.